The van der Waals surface area contributed by atoms with Crippen molar-refractivity contribution in [1.29, 1.82) is 0 Å². The molecule has 1 atom stereocenters. The van der Waals surface area contributed by atoms with Crippen molar-refractivity contribution < 1.29 is 9.47 Å². The summed E-state index contributed by atoms with van der Waals surface area (Å²) in [6.07, 6.45) is 0. The van der Waals surface area contributed by atoms with Gasteiger partial charge in [0.05, 0.1) is 18.2 Å². The zero-order chi connectivity index (χ0) is 14.5. The maximum absolute atomic E-state index is 5.63. The Hall–Kier alpha value is -0.780. The summed E-state index contributed by atoms with van der Waals surface area (Å²) in [6, 6.07) is 4.75. The number of nitrogens with zero attached hydrogens (tertiary/aromatic N) is 1. The van der Waals surface area contributed by atoms with Crippen molar-refractivity contribution in [1.82, 2.24) is 10.2 Å². The largest absolute Gasteiger partial charge is 0.493 e. The highest BCUT2D eigenvalue weighted by atomic mass is 79.9. The fourth-order valence-corrected chi connectivity index (χ4v) is 3.17. The minimum atomic E-state index is 0.553. The van der Waals surface area contributed by atoms with Crippen molar-refractivity contribution in [3.8, 4) is 11.5 Å². The van der Waals surface area contributed by atoms with Crippen LogP contribution in [0.2, 0.25) is 0 Å². The average molecular weight is 343 g/mol. The summed E-state index contributed by atoms with van der Waals surface area (Å²) in [5.41, 5.74) is 1.24. The fourth-order valence-electron chi connectivity index (χ4n) is 2.56. The number of hydrogen-bond donors (Lipinski definition) is 1. The lowest BCUT2D eigenvalue weighted by Crippen LogP contribution is -2.48. The van der Waals surface area contributed by atoms with Gasteiger partial charge in [-0.3, -0.25) is 4.90 Å². The molecule has 1 saturated heterocycles. The Labute approximate surface area is 129 Å². The number of piperazine rings is 1. The van der Waals surface area contributed by atoms with E-state index in [0.29, 0.717) is 12.6 Å². The van der Waals surface area contributed by atoms with Crippen LogP contribution in [0, 0.1) is 0 Å². The maximum Gasteiger partial charge on any atom is 0.175 e. The summed E-state index contributed by atoms with van der Waals surface area (Å²) < 4.78 is 12.0. The molecule has 1 fully saturated rings. The molecule has 1 aliphatic rings. The first-order chi connectivity index (χ1) is 9.63. The molecule has 1 aliphatic heterocycles. The number of nitrogens with one attached hydrogen (secondary N) is 1. The number of hydrogen-bond acceptors (Lipinski definition) is 4. The lowest BCUT2D eigenvalue weighted by molar-refractivity contribution is 0.199. The molecule has 4 nitrogen and oxygen atoms in total. The van der Waals surface area contributed by atoms with Crippen molar-refractivity contribution in [2.75, 3.05) is 33.4 Å². The van der Waals surface area contributed by atoms with Gasteiger partial charge in [0.15, 0.2) is 11.5 Å². The van der Waals surface area contributed by atoms with Crippen molar-refractivity contribution in [2.45, 2.75) is 26.4 Å². The third-order valence-electron chi connectivity index (χ3n) is 3.44. The Balaban J connectivity index is 2.14. The van der Waals surface area contributed by atoms with Crippen LogP contribution in [0.25, 0.3) is 0 Å². The van der Waals surface area contributed by atoms with E-state index in [4.69, 9.17) is 9.47 Å². The summed E-state index contributed by atoms with van der Waals surface area (Å²) in [7, 11) is 1.68. The number of methoxy groups -OCH3 is 1. The van der Waals surface area contributed by atoms with Gasteiger partial charge in [0.2, 0.25) is 0 Å². The third kappa shape index (κ3) is 3.87. The molecule has 1 aromatic carbocycles. The second-order valence-electron chi connectivity index (χ2n) is 5.13. The molecule has 0 radical (unpaired) electrons. The Morgan fingerprint density at radius 3 is 2.90 bits per heavy atom. The first kappa shape index (κ1) is 15.6. The van der Waals surface area contributed by atoms with Crippen molar-refractivity contribution in [3.05, 3.63) is 22.2 Å². The Morgan fingerprint density at radius 1 is 1.45 bits per heavy atom. The molecule has 112 valence electrons. The number of halogens is 1. The molecule has 20 heavy (non-hydrogen) atoms. The second-order valence-corrected chi connectivity index (χ2v) is 5.99. The van der Waals surface area contributed by atoms with Gasteiger partial charge in [0.1, 0.15) is 0 Å². The molecule has 0 aromatic heterocycles. The fraction of sp³-hybridized carbons (Fsp3) is 0.600. The van der Waals surface area contributed by atoms with Crippen LogP contribution in [-0.2, 0) is 6.54 Å². The first-order valence-electron chi connectivity index (χ1n) is 7.09. The van der Waals surface area contributed by atoms with Crippen LogP contribution >= 0.6 is 15.9 Å². The highest BCUT2D eigenvalue weighted by molar-refractivity contribution is 9.10. The standard InChI is InChI=1S/C15H23BrN2O2/c1-4-20-15-13(16)7-12(8-14(15)19-3)10-18-6-5-17-11(2)9-18/h7-8,11,17H,4-6,9-10H2,1-3H3. The van der Waals surface area contributed by atoms with Gasteiger partial charge >= 0.3 is 0 Å². The summed E-state index contributed by atoms with van der Waals surface area (Å²) in [5, 5.41) is 3.46. The first-order valence-corrected chi connectivity index (χ1v) is 7.88. The molecular weight excluding hydrogens is 320 g/mol. The lowest BCUT2D eigenvalue weighted by atomic mass is 10.1. The summed E-state index contributed by atoms with van der Waals surface area (Å²) >= 11 is 3.58. The van der Waals surface area contributed by atoms with E-state index in [1.807, 2.05) is 6.92 Å². The van der Waals surface area contributed by atoms with Gasteiger partial charge in [-0.1, -0.05) is 0 Å². The minimum Gasteiger partial charge on any atom is -0.493 e. The molecule has 1 heterocycles. The van der Waals surface area contributed by atoms with Gasteiger partial charge < -0.3 is 14.8 Å². The van der Waals surface area contributed by atoms with E-state index in [9.17, 15) is 0 Å². The van der Waals surface area contributed by atoms with E-state index in [-0.39, 0.29) is 0 Å². The number of rotatable bonds is 5. The van der Waals surface area contributed by atoms with Gasteiger partial charge in [-0.2, -0.15) is 0 Å². The van der Waals surface area contributed by atoms with E-state index in [2.05, 4.69) is 45.2 Å². The summed E-state index contributed by atoms with van der Waals surface area (Å²) in [6.45, 7) is 8.97. The molecule has 2 rings (SSSR count). The highest BCUT2D eigenvalue weighted by Gasteiger charge is 2.17. The molecular formula is C15H23BrN2O2. The quantitative estimate of drug-likeness (QED) is 0.891. The summed E-state index contributed by atoms with van der Waals surface area (Å²) in [5.74, 6) is 1.58. The van der Waals surface area contributed by atoms with E-state index >= 15 is 0 Å². The molecule has 0 spiro atoms. The van der Waals surface area contributed by atoms with Crippen molar-refractivity contribution >= 4 is 15.9 Å². The van der Waals surface area contributed by atoms with Crippen LogP contribution in [-0.4, -0.2) is 44.3 Å². The van der Waals surface area contributed by atoms with E-state index in [1.54, 1.807) is 7.11 Å². The SMILES string of the molecule is CCOc1c(Br)cc(CN2CCNC(C)C2)cc1OC. The highest BCUT2D eigenvalue weighted by Crippen LogP contribution is 2.37. The van der Waals surface area contributed by atoms with E-state index in [1.165, 1.54) is 5.56 Å². The van der Waals surface area contributed by atoms with Crippen molar-refractivity contribution in [2.24, 2.45) is 0 Å². The van der Waals surface area contributed by atoms with Gasteiger partial charge in [-0.05, 0) is 47.5 Å². The third-order valence-corrected chi connectivity index (χ3v) is 4.03. The van der Waals surface area contributed by atoms with Crippen LogP contribution in [0.5, 0.6) is 11.5 Å². The number of ether oxygens (including phenoxy) is 2. The predicted molar refractivity (Wildman–Crippen MR) is 84.6 cm³/mol. The molecule has 0 saturated carbocycles. The molecule has 1 N–H and O–H groups in total. The van der Waals surface area contributed by atoms with Crippen LogP contribution in [0.4, 0.5) is 0 Å². The van der Waals surface area contributed by atoms with Gasteiger partial charge in [-0.25, -0.2) is 0 Å². The topological polar surface area (TPSA) is 33.7 Å². The molecule has 1 unspecified atom stereocenters. The van der Waals surface area contributed by atoms with Crippen LogP contribution in [0.1, 0.15) is 19.4 Å². The van der Waals surface area contributed by atoms with E-state index in [0.717, 1.165) is 42.2 Å². The van der Waals surface area contributed by atoms with Gasteiger partial charge in [-0.15, -0.1) is 0 Å². The maximum atomic E-state index is 5.63. The molecule has 5 heteroatoms. The second kappa shape index (κ2) is 7.29. The normalized spacial score (nSPS) is 19.9. The molecule has 0 amide bonds. The lowest BCUT2D eigenvalue weighted by Gasteiger charge is -2.32. The Morgan fingerprint density at radius 2 is 2.25 bits per heavy atom. The zero-order valence-corrected chi connectivity index (χ0v) is 14.0. The van der Waals surface area contributed by atoms with E-state index < -0.39 is 0 Å². The Kier molecular flexibility index (Phi) is 5.69. The minimum absolute atomic E-state index is 0.553. The molecule has 1 aromatic rings. The van der Waals surface area contributed by atoms with Gasteiger partial charge in [0, 0.05) is 32.2 Å². The molecule has 0 bridgehead atoms. The van der Waals surface area contributed by atoms with Crippen LogP contribution < -0.4 is 14.8 Å². The Bertz CT molecular complexity index is 454. The van der Waals surface area contributed by atoms with Gasteiger partial charge in [0.25, 0.3) is 0 Å². The van der Waals surface area contributed by atoms with Crippen LogP contribution in [0.3, 0.4) is 0 Å². The zero-order valence-electron chi connectivity index (χ0n) is 12.4. The van der Waals surface area contributed by atoms with Crippen LogP contribution in [0.15, 0.2) is 16.6 Å². The predicted octanol–water partition coefficient (Wildman–Crippen LogP) is 2.65. The smallest absolute Gasteiger partial charge is 0.175 e. The average Bonchev–Trinajstić information content (AvgIpc) is 2.41. The number of benzene rings is 1. The van der Waals surface area contributed by atoms with Crippen molar-refractivity contribution in [3.63, 3.8) is 0 Å². The summed E-state index contributed by atoms with van der Waals surface area (Å²) in [4.78, 5) is 2.46. The molecule has 0 aliphatic carbocycles. The monoisotopic (exact) mass is 342 g/mol.